The number of benzene rings is 2. The van der Waals surface area contributed by atoms with E-state index in [1.54, 1.807) is 7.11 Å². The van der Waals surface area contributed by atoms with Crippen LogP contribution in [0.25, 0.3) is 0 Å². The lowest BCUT2D eigenvalue weighted by atomic mass is 10.1. The highest BCUT2D eigenvalue weighted by molar-refractivity contribution is 5.54. The van der Waals surface area contributed by atoms with E-state index in [0.29, 0.717) is 6.54 Å². The first-order valence-electron chi connectivity index (χ1n) is 7.38. The summed E-state index contributed by atoms with van der Waals surface area (Å²) < 4.78 is 5.47. The average Bonchev–Trinajstić information content (AvgIpc) is 2.52. The molecule has 0 aromatic heterocycles. The first kappa shape index (κ1) is 15.4. The topological polar surface area (TPSA) is 38.5 Å². The fourth-order valence-electron chi connectivity index (χ4n) is 2.52. The van der Waals surface area contributed by atoms with Crippen molar-refractivity contribution in [1.82, 2.24) is 0 Å². The van der Waals surface area contributed by atoms with Crippen LogP contribution < -0.4 is 15.4 Å². The zero-order valence-electron chi connectivity index (χ0n) is 12.9. The number of hydrogen-bond acceptors (Lipinski definition) is 3. The van der Waals surface area contributed by atoms with Crippen LogP contribution in [0.1, 0.15) is 17.5 Å². The third-order valence-electron chi connectivity index (χ3n) is 3.64. The van der Waals surface area contributed by atoms with Crippen LogP contribution >= 0.6 is 0 Å². The first-order valence-corrected chi connectivity index (χ1v) is 7.38. The van der Waals surface area contributed by atoms with Crippen molar-refractivity contribution in [3.8, 4) is 5.75 Å². The summed E-state index contributed by atoms with van der Waals surface area (Å²) in [4.78, 5) is 2.38. The van der Waals surface area contributed by atoms with Crippen LogP contribution in [0.5, 0.6) is 5.75 Å². The van der Waals surface area contributed by atoms with Gasteiger partial charge in [0.1, 0.15) is 5.75 Å². The fraction of sp³-hybridized carbons (Fsp3) is 0.333. The van der Waals surface area contributed by atoms with Gasteiger partial charge in [0, 0.05) is 24.3 Å². The van der Waals surface area contributed by atoms with Gasteiger partial charge in [0.2, 0.25) is 0 Å². The number of methoxy groups -OCH3 is 1. The third-order valence-corrected chi connectivity index (χ3v) is 3.64. The standard InChI is InChI=1S/C18H24N2O/c1-15-8-3-5-10-17(15)20(13-7-12-19)14-16-9-4-6-11-18(16)21-2/h3-6,8-11H,7,12-14,19H2,1-2H3. The van der Waals surface area contributed by atoms with Crippen LogP contribution in [0.15, 0.2) is 48.5 Å². The van der Waals surface area contributed by atoms with Gasteiger partial charge in [-0.1, -0.05) is 36.4 Å². The Morgan fingerprint density at radius 1 is 1.05 bits per heavy atom. The summed E-state index contributed by atoms with van der Waals surface area (Å²) in [7, 11) is 1.72. The maximum atomic E-state index is 5.69. The summed E-state index contributed by atoms with van der Waals surface area (Å²) >= 11 is 0. The summed E-state index contributed by atoms with van der Waals surface area (Å²) in [5.41, 5.74) is 9.43. The van der Waals surface area contributed by atoms with Crippen molar-refractivity contribution in [2.24, 2.45) is 5.73 Å². The van der Waals surface area contributed by atoms with Gasteiger partial charge in [0.05, 0.1) is 7.11 Å². The molecule has 2 N–H and O–H groups in total. The zero-order chi connectivity index (χ0) is 15.1. The number of para-hydroxylation sites is 2. The zero-order valence-corrected chi connectivity index (χ0v) is 12.9. The Morgan fingerprint density at radius 2 is 1.76 bits per heavy atom. The van der Waals surface area contributed by atoms with Crippen LogP contribution in [0.4, 0.5) is 5.69 Å². The van der Waals surface area contributed by atoms with E-state index >= 15 is 0 Å². The molecule has 0 aliphatic carbocycles. The Labute approximate surface area is 127 Å². The quantitative estimate of drug-likeness (QED) is 0.847. The molecule has 2 rings (SSSR count). The Kier molecular flexibility index (Phi) is 5.64. The summed E-state index contributed by atoms with van der Waals surface area (Å²) in [6.07, 6.45) is 0.976. The van der Waals surface area contributed by atoms with Crippen LogP contribution in [-0.4, -0.2) is 20.2 Å². The molecule has 0 aliphatic heterocycles. The molecule has 0 radical (unpaired) electrons. The SMILES string of the molecule is COc1ccccc1CN(CCCN)c1ccccc1C. The van der Waals surface area contributed by atoms with Gasteiger partial charge in [-0.2, -0.15) is 0 Å². The highest BCUT2D eigenvalue weighted by atomic mass is 16.5. The van der Waals surface area contributed by atoms with E-state index in [4.69, 9.17) is 10.5 Å². The summed E-state index contributed by atoms with van der Waals surface area (Å²) in [5, 5.41) is 0. The monoisotopic (exact) mass is 284 g/mol. The maximum Gasteiger partial charge on any atom is 0.123 e. The predicted molar refractivity (Wildman–Crippen MR) is 88.9 cm³/mol. The van der Waals surface area contributed by atoms with Gasteiger partial charge < -0.3 is 15.4 Å². The van der Waals surface area contributed by atoms with Gasteiger partial charge in [-0.3, -0.25) is 0 Å². The maximum absolute atomic E-state index is 5.69. The highest BCUT2D eigenvalue weighted by Crippen LogP contribution is 2.25. The molecule has 2 aromatic carbocycles. The van der Waals surface area contributed by atoms with Gasteiger partial charge in [-0.25, -0.2) is 0 Å². The normalized spacial score (nSPS) is 10.4. The molecule has 0 spiro atoms. The number of nitrogens with zero attached hydrogens (tertiary/aromatic N) is 1. The molecule has 0 bridgehead atoms. The Balaban J connectivity index is 2.26. The van der Waals surface area contributed by atoms with Crippen LogP contribution in [-0.2, 0) is 6.54 Å². The van der Waals surface area contributed by atoms with E-state index in [9.17, 15) is 0 Å². The molecule has 2 aromatic rings. The fourth-order valence-corrected chi connectivity index (χ4v) is 2.52. The Bertz CT molecular complexity index is 569. The Morgan fingerprint density at radius 3 is 2.48 bits per heavy atom. The van der Waals surface area contributed by atoms with Crippen LogP contribution in [0.3, 0.4) is 0 Å². The van der Waals surface area contributed by atoms with Crippen LogP contribution in [0.2, 0.25) is 0 Å². The molecule has 0 aliphatic rings. The molecule has 0 fully saturated rings. The minimum Gasteiger partial charge on any atom is -0.496 e. The van der Waals surface area contributed by atoms with Gasteiger partial charge in [-0.15, -0.1) is 0 Å². The van der Waals surface area contributed by atoms with Gasteiger partial charge >= 0.3 is 0 Å². The van der Waals surface area contributed by atoms with Crippen LogP contribution in [0, 0.1) is 6.92 Å². The van der Waals surface area contributed by atoms with Crippen molar-refractivity contribution in [2.45, 2.75) is 19.9 Å². The predicted octanol–water partition coefficient (Wildman–Crippen LogP) is 3.36. The van der Waals surface area contributed by atoms with Gasteiger partial charge in [0.25, 0.3) is 0 Å². The molecule has 0 amide bonds. The smallest absolute Gasteiger partial charge is 0.123 e. The molecule has 3 heteroatoms. The number of ether oxygens (including phenoxy) is 1. The van der Waals surface area contributed by atoms with E-state index < -0.39 is 0 Å². The lowest BCUT2D eigenvalue weighted by Crippen LogP contribution is -2.26. The van der Waals surface area contributed by atoms with Gasteiger partial charge in [0.15, 0.2) is 0 Å². The van der Waals surface area contributed by atoms with Crippen molar-refractivity contribution in [1.29, 1.82) is 0 Å². The van der Waals surface area contributed by atoms with Crippen molar-refractivity contribution in [2.75, 3.05) is 25.1 Å². The van der Waals surface area contributed by atoms with E-state index in [2.05, 4.69) is 48.2 Å². The first-order chi connectivity index (χ1) is 10.3. The molecule has 0 atom stereocenters. The second kappa shape index (κ2) is 7.70. The van der Waals surface area contributed by atoms with Gasteiger partial charge in [-0.05, 0) is 37.6 Å². The number of hydrogen-bond donors (Lipinski definition) is 1. The number of aryl methyl sites for hydroxylation is 1. The summed E-state index contributed by atoms with van der Waals surface area (Å²) in [5.74, 6) is 0.934. The second-order valence-corrected chi connectivity index (χ2v) is 5.16. The largest absolute Gasteiger partial charge is 0.496 e. The molecule has 0 heterocycles. The van der Waals surface area contributed by atoms with Crippen molar-refractivity contribution in [3.63, 3.8) is 0 Å². The molecule has 0 unspecified atom stereocenters. The third kappa shape index (κ3) is 3.99. The van der Waals surface area contributed by atoms with Crippen molar-refractivity contribution >= 4 is 5.69 Å². The molecule has 112 valence electrons. The minimum absolute atomic E-state index is 0.703. The molecule has 21 heavy (non-hydrogen) atoms. The minimum atomic E-state index is 0.703. The lowest BCUT2D eigenvalue weighted by molar-refractivity contribution is 0.409. The molecule has 0 saturated heterocycles. The highest BCUT2D eigenvalue weighted by Gasteiger charge is 2.11. The molecular formula is C18H24N2O. The van der Waals surface area contributed by atoms with E-state index in [0.717, 1.165) is 25.3 Å². The summed E-state index contributed by atoms with van der Waals surface area (Å²) in [6.45, 7) is 4.62. The molecule has 0 saturated carbocycles. The number of anilines is 1. The Hall–Kier alpha value is -2.00. The molecular weight excluding hydrogens is 260 g/mol. The number of rotatable bonds is 7. The summed E-state index contributed by atoms with van der Waals surface area (Å²) in [6, 6.07) is 16.6. The van der Waals surface area contributed by atoms with Crippen molar-refractivity contribution < 1.29 is 4.74 Å². The molecule has 3 nitrogen and oxygen atoms in total. The van der Waals surface area contributed by atoms with E-state index in [-0.39, 0.29) is 0 Å². The average molecular weight is 284 g/mol. The number of nitrogens with two attached hydrogens (primary N) is 1. The lowest BCUT2D eigenvalue weighted by Gasteiger charge is -2.27. The van der Waals surface area contributed by atoms with E-state index in [1.165, 1.54) is 16.8 Å². The van der Waals surface area contributed by atoms with E-state index in [1.807, 2.05) is 12.1 Å². The van der Waals surface area contributed by atoms with Crippen molar-refractivity contribution in [3.05, 3.63) is 59.7 Å². The second-order valence-electron chi connectivity index (χ2n) is 5.16.